The van der Waals surface area contributed by atoms with Gasteiger partial charge in [-0.2, -0.15) is 11.8 Å². The van der Waals surface area contributed by atoms with Crippen LogP contribution in [0.1, 0.15) is 12.5 Å². The summed E-state index contributed by atoms with van der Waals surface area (Å²) < 4.78 is 12.1. The minimum Gasteiger partial charge on any atom is -0.493 e. The van der Waals surface area contributed by atoms with Crippen LogP contribution in [-0.2, 0) is 6.42 Å². The van der Waals surface area contributed by atoms with E-state index in [2.05, 4.69) is 22.9 Å². The Bertz CT molecular complexity index is 374. The van der Waals surface area contributed by atoms with Gasteiger partial charge in [0.05, 0.1) is 18.2 Å². The molecule has 0 aromatic heterocycles. The third kappa shape index (κ3) is 4.71. The molecule has 1 aromatic rings. The van der Waals surface area contributed by atoms with Crippen molar-refractivity contribution in [1.82, 2.24) is 0 Å². The van der Waals surface area contributed by atoms with Crippen LogP contribution in [-0.4, -0.2) is 31.8 Å². The molecule has 0 unspecified atom stereocenters. The fourth-order valence-electron chi connectivity index (χ4n) is 1.57. The lowest BCUT2D eigenvalue weighted by atomic mass is 10.1. The van der Waals surface area contributed by atoms with E-state index in [0.29, 0.717) is 13.2 Å². The van der Waals surface area contributed by atoms with E-state index in [1.807, 2.05) is 23.9 Å². The fraction of sp³-hybridized carbons (Fsp3) is 0.538. The van der Waals surface area contributed by atoms with Gasteiger partial charge < -0.3 is 15.2 Å². The van der Waals surface area contributed by atoms with Crippen LogP contribution in [0.15, 0.2) is 16.6 Å². The zero-order chi connectivity index (χ0) is 13.4. The molecule has 0 fully saturated rings. The molecule has 0 radical (unpaired) electrons. The number of thioether (sulfide) groups is 1. The predicted octanol–water partition coefficient (Wildman–Crippen LogP) is 3.09. The minimum absolute atomic E-state index is 0.628. The summed E-state index contributed by atoms with van der Waals surface area (Å²) in [6.45, 7) is 3.45. The highest BCUT2D eigenvalue weighted by atomic mass is 79.9. The molecule has 0 saturated carbocycles. The van der Waals surface area contributed by atoms with Crippen molar-refractivity contribution in [2.24, 2.45) is 5.73 Å². The van der Waals surface area contributed by atoms with Crippen molar-refractivity contribution >= 4 is 27.7 Å². The topological polar surface area (TPSA) is 44.5 Å². The Morgan fingerprint density at radius 3 is 2.78 bits per heavy atom. The highest BCUT2D eigenvalue weighted by Crippen LogP contribution is 2.36. The average molecular weight is 334 g/mol. The number of methoxy groups -OCH3 is 1. The molecule has 0 aliphatic carbocycles. The predicted molar refractivity (Wildman–Crippen MR) is 81.9 cm³/mol. The number of benzene rings is 1. The van der Waals surface area contributed by atoms with Gasteiger partial charge in [0, 0.05) is 5.75 Å². The Morgan fingerprint density at radius 1 is 1.39 bits per heavy atom. The number of halogens is 1. The van der Waals surface area contributed by atoms with E-state index < -0.39 is 0 Å². The van der Waals surface area contributed by atoms with Crippen LogP contribution in [0.5, 0.6) is 11.5 Å². The monoisotopic (exact) mass is 333 g/mol. The Labute approximate surface area is 122 Å². The van der Waals surface area contributed by atoms with E-state index in [1.165, 1.54) is 0 Å². The maximum Gasteiger partial charge on any atom is 0.175 e. The van der Waals surface area contributed by atoms with E-state index in [4.69, 9.17) is 15.2 Å². The molecule has 18 heavy (non-hydrogen) atoms. The number of ether oxygens (including phenoxy) is 2. The van der Waals surface area contributed by atoms with Gasteiger partial charge in [0.1, 0.15) is 0 Å². The van der Waals surface area contributed by atoms with E-state index in [0.717, 1.165) is 39.5 Å². The van der Waals surface area contributed by atoms with Crippen LogP contribution < -0.4 is 15.2 Å². The lowest BCUT2D eigenvalue weighted by Gasteiger charge is -2.14. The Kier molecular flexibility index (Phi) is 7.54. The van der Waals surface area contributed by atoms with Crippen molar-refractivity contribution < 1.29 is 9.47 Å². The van der Waals surface area contributed by atoms with E-state index in [9.17, 15) is 0 Å². The number of rotatable bonds is 8. The summed E-state index contributed by atoms with van der Waals surface area (Å²) in [7, 11) is 1.65. The van der Waals surface area contributed by atoms with Gasteiger partial charge in [-0.3, -0.25) is 0 Å². The third-order valence-corrected chi connectivity index (χ3v) is 3.85. The van der Waals surface area contributed by atoms with Crippen LogP contribution in [0.4, 0.5) is 0 Å². The van der Waals surface area contributed by atoms with Crippen LogP contribution >= 0.6 is 27.7 Å². The maximum atomic E-state index is 5.77. The van der Waals surface area contributed by atoms with Crippen molar-refractivity contribution in [3.05, 3.63) is 22.2 Å². The normalized spacial score (nSPS) is 10.4. The zero-order valence-electron chi connectivity index (χ0n) is 10.9. The molecule has 3 nitrogen and oxygen atoms in total. The zero-order valence-corrected chi connectivity index (χ0v) is 13.3. The summed E-state index contributed by atoms with van der Waals surface area (Å²) in [6, 6.07) is 4.03. The van der Waals surface area contributed by atoms with Gasteiger partial charge in [0.25, 0.3) is 0 Å². The van der Waals surface area contributed by atoms with Gasteiger partial charge in [0.15, 0.2) is 11.5 Å². The first kappa shape index (κ1) is 15.7. The Hall–Kier alpha value is -0.390. The molecule has 2 N–H and O–H groups in total. The standard InChI is InChI=1S/C13H20BrNO2S/c1-3-18-7-6-17-13-11(14)8-10(4-5-15)9-12(13)16-2/h8-9H,3-7,15H2,1-2H3. The summed E-state index contributed by atoms with van der Waals surface area (Å²) >= 11 is 5.39. The number of hydrogen-bond acceptors (Lipinski definition) is 4. The molecule has 5 heteroatoms. The first-order chi connectivity index (χ1) is 8.72. The summed E-state index contributed by atoms with van der Waals surface area (Å²) in [5.41, 5.74) is 6.71. The molecule has 0 heterocycles. The van der Waals surface area contributed by atoms with Crippen LogP contribution in [0.25, 0.3) is 0 Å². The van der Waals surface area contributed by atoms with Gasteiger partial charge in [0.2, 0.25) is 0 Å². The first-order valence-electron chi connectivity index (χ1n) is 6.00. The highest BCUT2D eigenvalue weighted by Gasteiger charge is 2.11. The number of nitrogens with two attached hydrogens (primary N) is 1. The average Bonchev–Trinajstić information content (AvgIpc) is 2.36. The maximum absolute atomic E-state index is 5.77. The molecule has 0 bridgehead atoms. The molecule has 0 aliphatic heterocycles. The molecule has 0 atom stereocenters. The molecule has 0 saturated heterocycles. The van der Waals surface area contributed by atoms with Crippen molar-refractivity contribution in [3.8, 4) is 11.5 Å². The van der Waals surface area contributed by atoms with Gasteiger partial charge >= 0.3 is 0 Å². The fourth-order valence-corrected chi connectivity index (χ4v) is 2.67. The Morgan fingerprint density at radius 2 is 2.17 bits per heavy atom. The lowest BCUT2D eigenvalue weighted by Crippen LogP contribution is -2.05. The second-order valence-corrected chi connectivity index (χ2v) is 5.94. The van der Waals surface area contributed by atoms with E-state index in [-0.39, 0.29) is 0 Å². The first-order valence-corrected chi connectivity index (χ1v) is 7.94. The second kappa shape index (κ2) is 8.67. The molecule has 1 rings (SSSR count). The minimum atomic E-state index is 0.628. The summed E-state index contributed by atoms with van der Waals surface area (Å²) in [4.78, 5) is 0. The smallest absolute Gasteiger partial charge is 0.175 e. The summed E-state index contributed by atoms with van der Waals surface area (Å²) in [6.07, 6.45) is 0.834. The van der Waals surface area contributed by atoms with Crippen LogP contribution in [0.2, 0.25) is 0 Å². The third-order valence-electron chi connectivity index (χ3n) is 2.40. The molecular formula is C13H20BrNO2S. The summed E-state index contributed by atoms with van der Waals surface area (Å²) in [5, 5.41) is 0. The SMILES string of the molecule is CCSCCOc1c(Br)cc(CCN)cc1OC. The molecule has 102 valence electrons. The van der Waals surface area contributed by atoms with Gasteiger partial charge in [-0.25, -0.2) is 0 Å². The van der Waals surface area contributed by atoms with Gasteiger partial charge in [-0.15, -0.1) is 0 Å². The van der Waals surface area contributed by atoms with E-state index in [1.54, 1.807) is 7.11 Å². The van der Waals surface area contributed by atoms with Gasteiger partial charge in [-0.05, 0) is 52.3 Å². The van der Waals surface area contributed by atoms with Crippen molar-refractivity contribution in [2.75, 3.05) is 31.8 Å². The lowest BCUT2D eigenvalue weighted by molar-refractivity contribution is 0.311. The molecule has 0 amide bonds. The quantitative estimate of drug-likeness (QED) is 0.742. The van der Waals surface area contributed by atoms with Crippen molar-refractivity contribution in [2.45, 2.75) is 13.3 Å². The molecule has 0 aliphatic rings. The van der Waals surface area contributed by atoms with Crippen LogP contribution in [0, 0.1) is 0 Å². The molecular weight excluding hydrogens is 314 g/mol. The van der Waals surface area contributed by atoms with E-state index >= 15 is 0 Å². The van der Waals surface area contributed by atoms with Crippen molar-refractivity contribution in [1.29, 1.82) is 0 Å². The molecule has 1 aromatic carbocycles. The largest absolute Gasteiger partial charge is 0.493 e. The second-order valence-electron chi connectivity index (χ2n) is 3.69. The highest BCUT2D eigenvalue weighted by molar-refractivity contribution is 9.10. The molecule has 0 spiro atoms. The van der Waals surface area contributed by atoms with Crippen molar-refractivity contribution in [3.63, 3.8) is 0 Å². The van der Waals surface area contributed by atoms with Crippen LogP contribution in [0.3, 0.4) is 0 Å². The summed E-state index contributed by atoms with van der Waals surface area (Å²) in [5.74, 6) is 3.62. The number of hydrogen-bond donors (Lipinski definition) is 1. The van der Waals surface area contributed by atoms with Gasteiger partial charge in [-0.1, -0.05) is 6.92 Å². The Balaban J connectivity index is 2.76.